The van der Waals surface area contributed by atoms with Gasteiger partial charge in [0, 0.05) is 41.7 Å². The van der Waals surface area contributed by atoms with Gasteiger partial charge in [-0.1, -0.05) is 17.8 Å². The second-order valence-corrected chi connectivity index (χ2v) is 8.51. The van der Waals surface area contributed by atoms with Crippen LogP contribution in [0.3, 0.4) is 0 Å². The Hall–Kier alpha value is -3.98. The number of rotatable bonds is 7. The SMILES string of the molecule is CCOc1ccc(-n2c(SCc3cc(=O)n4cccc(C)c4n3)nnc2-c2cccnc2)cc1. The van der Waals surface area contributed by atoms with Gasteiger partial charge < -0.3 is 4.74 Å². The molecule has 5 rings (SSSR count). The highest BCUT2D eigenvalue weighted by Crippen LogP contribution is 2.30. The van der Waals surface area contributed by atoms with Crippen LogP contribution in [0.15, 0.2) is 83.1 Å². The molecule has 0 aliphatic rings. The summed E-state index contributed by atoms with van der Waals surface area (Å²) in [5.74, 6) is 1.96. The third kappa shape index (κ3) is 4.29. The van der Waals surface area contributed by atoms with E-state index < -0.39 is 0 Å². The molecule has 0 bridgehead atoms. The van der Waals surface area contributed by atoms with Gasteiger partial charge in [-0.25, -0.2) is 4.98 Å². The van der Waals surface area contributed by atoms with Gasteiger partial charge in [0.05, 0.1) is 12.3 Å². The van der Waals surface area contributed by atoms with Crippen molar-refractivity contribution in [1.82, 2.24) is 29.1 Å². The number of aromatic nitrogens is 6. The van der Waals surface area contributed by atoms with Crippen LogP contribution in [0.25, 0.3) is 22.7 Å². The molecule has 1 aromatic carbocycles. The largest absolute Gasteiger partial charge is 0.494 e. The molecule has 0 N–H and O–H groups in total. The molecule has 5 aromatic rings. The minimum absolute atomic E-state index is 0.103. The Labute approximate surface area is 200 Å². The minimum Gasteiger partial charge on any atom is -0.494 e. The fourth-order valence-electron chi connectivity index (χ4n) is 3.66. The molecule has 0 atom stereocenters. The van der Waals surface area contributed by atoms with Crippen LogP contribution >= 0.6 is 11.8 Å². The number of pyridine rings is 2. The number of nitrogens with zero attached hydrogens (tertiary/aromatic N) is 6. The first-order chi connectivity index (χ1) is 16.6. The first kappa shape index (κ1) is 21.8. The van der Waals surface area contributed by atoms with Gasteiger partial charge in [-0.3, -0.25) is 18.7 Å². The van der Waals surface area contributed by atoms with Crippen molar-refractivity contribution in [3.63, 3.8) is 0 Å². The first-order valence-corrected chi connectivity index (χ1v) is 11.8. The van der Waals surface area contributed by atoms with E-state index in [4.69, 9.17) is 9.72 Å². The van der Waals surface area contributed by atoms with E-state index in [0.29, 0.717) is 34.7 Å². The average molecular weight is 471 g/mol. The molecule has 0 aliphatic carbocycles. The van der Waals surface area contributed by atoms with E-state index in [0.717, 1.165) is 22.6 Å². The Bertz CT molecular complexity index is 1500. The molecule has 8 nitrogen and oxygen atoms in total. The first-order valence-electron chi connectivity index (χ1n) is 10.8. The summed E-state index contributed by atoms with van der Waals surface area (Å²) in [7, 11) is 0. The molecule has 170 valence electrons. The maximum Gasteiger partial charge on any atom is 0.258 e. The fourth-order valence-corrected chi connectivity index (χ4v) is 4.50. The second kappa shape index (κ2) is 9.48. The molecule has 0 saturated carbocycles. The Kier molecular flexibility index (Phi) is 6.09. The van der Waals surface area contributed by atoms with Crippen LogP contribution in [0.1, 0.15) is 18.2 Å². The van der Waals surface area contributed by atoms with E-state index in [2.05, 4.69) is 15.2 Å². The molecule has 0 unspecified atom stereocenters. The molecule has 0 fully saturated rings. The van der Waals surface area contributed by atoms with Gasteiger partial charge in [-0.15, -0.1) is 10.2 Å². The standard InChI is InChI=1S/C25H22N6O2S/c1-3-33-21-10-8-20(9-11-21)31-24(18-7-4-12-26-15-18)28-29-25(31)34-16-19-14-22(32)30-13-5-6-17(2)23(30)27-19/h4-15H,3,16H2,1-2H3. The molecule has 0 saturated heterocycles. The second-order valence-electron chi connectivity index (χ2n) is 7.57. The molecule has 0 aliphatic heterocycles. The lowest BCUT2D eigenvalue weighted by Gasteiger charge is -2.11. The molecule has 9 heteroatoms. The zero-order valence-corrected chi connectivity index (χ0v) is 19.6. The topological polar surface area (TPSA) is 87.2 Å². The summed E-state index contributed by atoms with van der Waals surface area (Å²) in [5, 5.41) is 9.59. The number of aryl methyl sites for hydroxylation is 1. The Balaban J connectivity index is 1.52. The van der Waals surface area contributed by atoms with E-state index in [-0.39, 0.29) is 5.56 Å². The highest BCUT2D eigenvalue weighted by Gasteiger charge is 2.17. The summed E-state index contributed by atoms with van der Waals surface area (Å²) < 4.78 is 9.13. The van der Waals surface area contributed by atoms with Crippen molar-refractivity contribution >= 4 is 17.4 Å². The van der Waals surface area contributed by atoms with Crippen LogP contribution in [-0.4, -0.2) is 35.7 Å². The fraction of sp³-hybridized carbons (Fsp3) is 0.160. The normalized spacial score (nSPS) is 11.1. The molecule has 4 aromatic heterocycles. The van der Waals surface area contributed by atoms with Gasteiger partial charge in [-0.2, -0.15) is 0 Å². The van der Waals surface area contributed by atoms with E-state index >= 15 is 0 Å². The molecule has 0 spiro atoms. The van der Waals surface area contributed by atoms with E-state index in [1.165, 1.54) is 11.8 Å². The van der Waals surface area contributed by atoms with Crippen molar-refractivity contribution in [1.29, 1.82) is 0 Å². The number of benzene rings is 1. The summed E-state index contributed by atoms with van der Waals surface area (Å²) in [6.07, 6.45) is 5.22. The zero-order chi connectivity index (χ0) is 23.5. The van der Waals surface area contributed by atoms with Crippen molar-refractivity contribution in [2.45, 2.75) is 24.8 Å². The summed E-state index contributed by atoms with van der Waals surface area (Å²) in [5.41, 5.74) is 3.95. The zero-order valence-electron chi connectivity index (χ0n) is 18.8. The third-order valence-electron chi connectivity index (χ3n) is 5.25. The minimum atomic E-state index is -0.103. The monoisotopic (exact) mass is 470 g/mol. The van der Waals surface area contributed by atoms with Crippen molar-refractivity contribution < 1.29 is 4.74 Å². The number of hydrogen-bond donors (Lipinski definition) is 0. The van der Waals surface area contributed by atoms with Gasteiger partial charge in [-0.05, 0) is 61.9 Å². The maximum atomic E-state index is 12.6. The molecule has 0 radical (unpaired) electrons. The maximum absolute atomic E-state index is 12.6. The van der Waals surface area contributed by atoms with Gasteiger partial charge >= 0.3 is 0 Å². The number of fused-ring (bicyclic) bond motifs is 1. The molecular weight excluding hydrogens is 448 g/mol. The summed E-state index contributed by atoms with van der Waals surface area (Å²) in [6, 6.07) is 17.0. The van der Waals surface area contributed by atoms with Crippen LogP contribution in [0.4, 0.5) is 0 Å². The molecule has 4 heterocycles. The smallest absolute Gasteiger partial charge is 0.258 e. The van der Waals surface area contributed by atoms with E-state index in [9.17, 15) is 4.79 Å². The van der Waals surface area contributed by atoms with Crippen LogP contribution in [-0.2, 0) is 5.75 Å². The third-order valence-corrected chi connectivity index (χ3v) is 6.21. The van der Waals surface area contributed by atoms with E-state index in [1.54, 1.807) is 29.1 Å². The predicted molar refractivity (Wildman–Crippen MR) is 132 cm³/mol. The van der Waals surface area contributed by atoms with Crippen molar-refractivity contribution in [3.05, 3.63) is 94.8 Å². The molecule has 34 heavy (non-hydrogen) atoms. The Morgan fingerprint density at radius 1 is 1.06 bits per heavy atom. The van der Waals surface area contributed by atoms with Crippen molar-refractivity contribution in [3.8, 4) is 22.8 Å². The Morgan fingerprint density at radius 2 is 1.91 bits per heavy atom. The van der Waals surface area contributed by atoms with Crippen LogP contribution in [0.5, 0.6) is 5.75 Å². The number of thioether (sulfide) groups is 1. The Morgan fingerprint density at radius 3 is 2.68 bits per heavy atom. The van der Waals surface area contributed by atoms with Crippen molar-refractivity contribution in [2.75, 3.05) is 6.61 Å². The highest BCUT2D eigenvalue weighted by atomic mass is 32.2. The highest BCUT2D eigenvalue weighted by molar-refractivity contribution is 7.98. The lowest BCUT2D eigenvalue weighted by Crippen LogP contribution is -2.15. The van der Waals surface area contributed by atoms with Gasteiger partial charge in [0.1, 0.15) is 11.4 Å². The lowest BCUT2D eigenvalue weighted by molar-refractivity contribution is 0.340. The van der Waals surface area contributed by atoms with Crippen molar-refractivity contribution in [2.24, 2.45) is 0 Å². The molecular formula is C25H22N6O2S. The quantitative estimate of drug-likeness (QED) is 0.327. The van der Waals surface area contributed by atoms with Crippen LogP contribution in [0.2, 0.25) is 0 Å². The summed E-state index contributed by atoms with van der Waals surface area (Å²) >= 11 is 1.48. The number of hydrogen-bond acceptors (Lipinski definition) is 7. The number of ether oxygens (including phenoxy) is 1. The predicted octanol–water partition coefficient (Wildman–Crippen LogP) is 4.34. The summed E-state index contributed by atoms with van der Waals surface area (Å²) in [4.78, 5) is 21.5. The summed E-state index contributed by atoms with van der Waals surface area (Å²) in [6.45, 7) is 4.50. The van der Waals surface area contributed by atoms with Gasteiger partial charge in [0.15, 0.2) is 11.0 Å². The lowest BCUT2D eigenvalue weighted by atomic mass is 10.2. The van der Waals surface area contributed by atoms with Gasteiger partial charge in [0.25, 0.3) is 5.56 Å². The van der Waals surface area contributed by atoms with Crippen LogP contribution in [0, 0.1) is 6.92 Å². The van der Waals surface area contributed by atoms with Crippen LogP contribution < -0.4 is 10.3 Å². The average Bonchev–Trinajstić information content (AvgIpc) is 3.29. The molecule has 0 amide bonds. The van der Waals surface area contributed by atoms with E-state index in [1.807, 2.05) is 66.9 Å². The van der Waals surface area contributed by atoms with Gasteiger partial charge in [0.2, 0.25) is 0 Å².